The average Bonchev–Trinajstić information content (AvgIpc) is 3.01. The van der Waals surface area contributed by atoms with Crippen LogP contribution in [0.3, 0.4) is 0 Å². The molecule has 1 radical (unpaired) electrons. The fourth-order valence-electron chi connectivity index (χ4n) is 5.85. The zero-order chi connectivity index (χ0) is 34.0. The Balaban J connectivity index is 0.000000410. The minimum absolute atomic E-state index is 0. The molecule has 0 spiro atoms. The summed E-state index contributed by atoms with van der Waals surface area (Å²) in [5.41, 5.74) is 11.7. The number of hydrogen-bond donors (Lipinski definition) is 1. The van der Waals surface area contributed by atoms with Gasteiger partial charge in [0.1, 0.15) is 0 Å². The maximum Gasteiger partial charge on any atom is 0.162 e. The average molecular weight is 807 g/mol. The summed E-state index contributed by atoms with van der Waals surface area (Å²) >= 11 is 0. The molecule has 4 rings (SSSR count). The molecule has 249 valence electrons. The summed E-state index contributed by atoms with van der Waals surface area (Å²) in [5, 5.41) is 19.0. The van der Waals surface area contributed by atoms with Crippen LogP contribution in [0.5, 0.6) is 0 Å². The minimum Gasteiger partial charge on any atom is -0.512 e. The zero-order valence-corrected chi connectivity index (χ0v) is 31.7. The Morgan fingerprint density at radius 2 is 1.45 bits per heavy atom. The summed E-state index contributed by atoms with van der Waals surface area (Å²) in [4.78, 5) is 21.7. The Morgan fingerprint density at radius 1 is 0.851 bits per heavy atom. The van der Waals surface area contributed by atoms with E-state index < -0.39 is 0 Å². The van der Waals surface area contributed by atoms with Crippen molar-refractivity contribution in [2.45, 2.75) is 88.0 Å². The van der Waals surface area contributed by atoms with Gasteiger partial charge in [-0.2, -0.15) is 5.26 Å². The van der Waals surface area contributed by atoms with Crippen molar-refractivity contribution < 1.29 is 30.0 Å². The van der Waals surface area contributed by atoms with Gasteiger partial charge in [0.2, 0.25) is 0 Å². The number of aliphatic hydroxyl groups excluding tert-OH is 1. The first-order valence-corrected chi connectivity index (χ1v) is 16.4. The van der Waals surface area contributed by atoms with Crippen LogP contribution in [0.4, 0.5) is 0 Å². The van der Waals surface area contributed by atoms with Crippen LogP contribution in [0.1, 0.15) is 86.8 Å². The van der Waals surface area contributed by atoms with E-state index in [0.29, 0.717) is 5.56 Å². The van der Waals surface area contributed by atoms with Gasteiger partial charge in [-0.1, -0.05) is 76.9 Å². The second kappa shape index (κ2) is 18.4. The fourth-order valence-corrected chi connectivity index (χ4v) is 5.85. The zero-order valence-electron chi connectivity index (χ0n) is 29.3. The molecule has 6 heteroatoms. The summed E-state index contributed by atoms with van der Waals surface area (Å²) in [7, 11) is 0. The number of aryl methyl sites for hydroxylation is 5. The molecule has 47 heavy (non-hydrogen) atoms. The molecule has 0 aliphatic heterocycles. The third-order valence-corrected chi connectivity index (χ3v) is 8.38. The van der Waals surface area contributed by atoms with Crippen LogP contribution < -0.4 is 0 Å². The largest absolute Gasteiger partial charge is 0.512 e. The molecule has 0 unspecified atom stereocenters. The molecule has 0 saturated carbocycles. The SMILES string of the molecule is CCC(CC)C(=O)/C=C(\O)C(CC)CC.Cc1[c-]c(-c2ncc(-c3ccc(C#N)cc3C)nc2-c2cc(C)cc(C)c2)cc(C)c1.[Ir]. The predicted octanol–water partition coefficient (Wildman–Crippen LogP) is 10.6. The maximum absolute atomic E-state index is 11.7. The number of aliphatic hydroxyl groups is 1. The molecule has 0 amide bonds. The van der Waals surface area contributed by atoms with Gasteiger partial charge >= 0.3 is 0 Å². The summed E-state index contributed by atoms with van der Waals surface area (Å²) in [5.74, 6) is 0.547. The molecule has 5 nitrogen and oxygen atoms in total. The topological polar surface area (TPSA) is 86.9 Å². The molecule has 1 heterocycles. The Bertz CT molecular complexity index is 1700. The Kier molecular flexibility index (Phi) is 15.4. The number of rotatable bonds is 10. The first kappa shape index (κ1) is 39.3. The predicted molar refractivity (Wildman–Crippen MR) is 189 cm³/mol. The first-order valence-electron chi connectivity index (χ1n) is 16.4. The van der Waals surface area contributed by atoms with Gasteiger partial charge in [0, 0.05) is 55.5 Å². The van der Waals surface area contributed by atoms with Gasteiger partial charge < -0.3 is 10.1 Å². The fraction of sp³-hybridized carbons (Fsp3) is 0.366. The Hall–Kier alpha value is -3.91. The first-order chi connectivity index (χ1) is 21.9. The van der Waals surface area contributed by atoms with Gasteiger partial charge in [0.25, 0.3) is 0 Å². The van der Waals surface area contributed by atoms with E-state index in [-0.39, 0.29) is 43.5 Å². The number of benzene rings is 3. The van der Waals surface area contributed by atoms with Crippen molar-refractivity contribution in [2.24, 2.45) is 11.8 Å². The third-order valence-electron chi connectivity index (χ3n) is 8.38. The monoisotopic (exact) mass is 807 g/mol. The van der Waals surface area contributed by atoms with Gasteiger partial charge in [0.05, 0.1) is 28.8 Å². The van der Waals surface area contributed by atoms with Crippen LogP contribution in [0.2, 0.25) is 0 Å². The van der Waals surface area contributed by atoms with Gasteiger partial charge in [-0.05, 0) is 69.7 Å². The number of ketones is 1. The number of carbonyl (C=O) groups excluding carboxylic acids is 1. The number of allylic oxidation sites excluding steroid dienone is 2. The molecule has 1 aromatic heterocycles. The summed E-state index contributed by atoms with van der Waals surface area (Å²) in [6.45, 7) is 18.4. The molecule has 0 aliphatic carbocycles. The van der Waals surface area contributed by atoms with Gasteiger partial charge in [-0.15, -0.1) is 34.9 Å². The molecule has 4 aromatic rings. The van der Waals surface area contributed by atoms with E-state index in [1.165, 1.54) is 22.8 Å². The molecule has 0 aliphatic rings. The van der Waals surface area contributed by atoms with Crippen LogP contribution in [0.25, 0.3) is 33.8 Å². The van der Waals surface area contributed by atoms with Crippen molar-refractivity contribution in [1.29, 1.82) is 5.26 Å². The van der Waals surface area contributed by atoms with Crippen molar-refractivity contribution in [3.05, 3.63) is 106 Å². The third kappa shape index (κ3) is 10.5. The van der Waals surface area contributed by atoms with Crippen molar-refractivity contribution in [3.63, 3.8) is 0 Å². The van der Waals surface area contributed by atoms with Crippen molar-refractivity contribution in [1.82, 2.24) is 9.97 Å². The van der Waals surface area contributed by atoms with Crippen LogP contribution in [0, 0.1) is 63.9 Å². The Labute approximate surface area is 295 Å². The minimum atomic E-state index is 0. The quantitative estimate of drug-likeness (QED) is 0.0980. The van der Waals surface area contributed by atoms with E-state index >= 15 is 0 Å². The van der Waals surface area contributed by atoms with Crippen LogP contribution in [0.15, 0.2) is 66.6 Å². The second-order valence-electron chi connectivity index (χ2n) is 12.2. The molecule has 0 atom stereocenters. The van der Waals surface area contributed by atoms with E-state index in [1.54, 1.807) is 0 Å². The van der Waals surface area contributed by atoms with Crippen LogP contribution in [-0.2, 0) is 24.9 Å². The summed E-state index contributed by atoms with van der Waals surface area (Å²) in [6.07, 6.45) is 6.73. The molecular weight excluding hydrogens is 759 g/mol. The second-order valence-corrected chi connectivity index (χ2v) is 12.2. The number of hydrogen-bond acceptors (Lipinski definition) is 5. The van der Waals surface area contributed by atoms with Gasteiger partial charge in [-0.25, -0.2) is 0 Å². The van der Waals surface area contributed by atoms with E-state index in [4.69, 9.17) is 9.97 Å². The number of aromatic nitrogens is 2. The maximum atomic E-state index is 11.7. The van der Waals surface area contributed by atoms with Crippen molar-refractivity contribution in [2.75, 3.05) is 0 Å². The molecule has 0 saturated heterocycles. The summed E-state index contributed by atoms with van der Waals surface area (Å²) in [6, 6.07) is 22.0. The number of nitriles is 1. The van der Waals surface area contributed by atoms with Gasteiger partial charge in [0.15, 0.2) is 5.78 Å². The summed E-state index contributed by atoms with van der Waals surface area (Å²) < 4.78 is 0. The molecule has 3 aromatic carbocycles. The van der Waals surface area contributed by atoms with Crippen molar-refractivity contribution >= 4 is 5.78 Å². The molecule has 0 bridgehead atoms. The van der Waals surface area contributed by atoms with Gasteiger partial charge in [-0.3, -0.25) is 9.78 Å². The van der Waals surface area contributed by atoms with E-state index in [0.717, 1.165) is 70.6 Å². The molecular formula is C41H48IrN3O2-. The Morgan fingerprint density at radius 3 is 1.98 bits per heavy atom. The normalized spacial score (nSPS) is 11.1. The number of nitrogens with zero attached hydrogens (tertiary/aromatic N) is 3. The van der Waals surface area contributed by atoms with E-state index in [1.807, 2.05) is 59.0 Å². The van der Waals surface area contributed by atoms with E-state index in [2.05, 4.69) is 70.2 Å². The van der Waals surface area contributed by atoms with E-state index in [9.17, 15) is 15.2 Å². The molecule has 1 N–H and O–H groups in total. The number of carbonyl (C=O) groups is 1. The standard InChI is InChI=1S/C28H24N3.C13H24O2.Ir/c1-17-8-18(2)11-23(10-17)27-28(24-12-19(3)9-20(4)13-24)31-26(16-30-27)25-7-6-22(15-29)14-21(25)5;1-5-10(6-2)12(14)9-13(15)11(7-3)8-4;/h6-10,12-14,16H,1-5H3;9-11,14H,5-8H2,1-4H3;/q-1;;/b;12-9-;. The van der Waals surface area contributed by atoms with Crippen molar-refractivity contribution in [3.8, 4) is 39.8 Å². The molecule has 0 fully saturated rings. The van der Waals surface area contributed by atoms with Crippen LogP contribution >= 0.6 is 0 Å². The smallest absolute Gasteiger partial charge is 0.162 e. The van der Waals surface area contributed by atoms with Crippen LogP contribution in [-0.4, -0.2) is 20.9 Å².